The molecule has 3 rings (SSSR count). The Kier molecular flexibility index (Phi) is 2.97. The summed E-state index contributed by atoms with van der Waals surface area (Å²) in [5.41, 5.74) is -0.800. The molecule has 2 aliphatic rings. The van der Waals surface area contributed by atoms with Crippen molar-refractivity contribution in [2.75, 3.05) is 13.1 Å². The van der Waals surface area contributed by atoms with Crippen LogP contribution in [-0.2, 0) is 10.2 Å². The molecular formula is C17H22FNO2. The molecule has 114 valence electrons. The highest BCUT2D eigenvalue weighted by atomic mass is 19.1. The molecule has 1 saturated heterocycles. The third kappa shape index (κ3) is 2.16. The van der Waals surface area contributed by atoms with Gasteiger partial charge < -0.3 is 10.0 Å². The van der Waals surface area contributed by atoms with Crippen LogP contribution >= 0.6 is 0 Å². The standard InChI is InChI=1S/C17H22FNO2/c1-15(2)10-19(11-16(15,3)21)14(20)17(8-9-17)12-4-6-13(18)7-5-12/h4-7,21H,8-11H2,1-3H3/t16-/m0/s1. The van der Waals surface area contributed by atoms with Crippen LogP contribution in [0.3, 0.4) is 0 Å². The first kappa shape index (κ1) is 14.5. The molecule has 1 atom stereocenters. The van der Waals surface area contributed by atoms with Crippen LogP contribution in [0.1, 0.15) is 39.2 Å². The molecule has 0 unspecified atom stereocenters. The fourth-order valence-electron chi connectivity index (χ4n) is 3.26. The predicted octanol–water partition coefficient (Wildman–Crippen LogP) is 2.48. The number of amides is 1. The van der Waals surface area contributed by atoms with Gasteiger partial charge in [-0.1, -0.05) is 26.0 Å². The Hall–Kier alpha value is -1.42. The summed E-state index contributed by atoms with van der Waals surface area (Å²) < 4.78 is 13.1. The summed E-state index contributed by atoms with van der Waals surface area (Å²) >= 11 is 0. The quantitative estimate of drug-likeness (QED) is 0.909. The molecule has 1 aromatic carbocycles. The van der Waals surface area contributed by atoms with E-state index in [4.69, 9.17) is 0 Å². The van der Waals surface area contributed by atoms with Crippen molar-refractivity contribution >= 4 is 5.91 Å². The first-order valence-electron chi connectivity index (χ1n) is 7.46. The van der Waals surface area contributed by atoms with Crippen molar-refractivity contribution in [3.05, 3.63) is 35.6 Å². The minimum Gasteiger partial charge on any atom is -0.388 e. The van der Waals surface area contributed by atoms with E-state index in [0.29, 0.717) is 13.1 Å². The average molecular weight is 291 g/mol. The van der Waals surface area contributed by atoms with Gasteiger partial charge in [-0.05, 0) is 37.5 Å². The van der Waals surface area contributed by atoms with E-state index in [9.17, 15) is 14.3 Å². The second kappa shape index (κ2) is 4.29. The summed E-state index contributed by atoms with van der Waals surface area (Å²) in [6, 6.07) is 6.23. The summed E-state index contributed by atoms with van der Waals surface area (Å²) in [6.45, 7) is 6.68. The molecule has 0 bridgehead atoms. The SMILES string of the molecule is CC1(C)CN(C(=O)C2(c3ccc(F)cc3)CC2)C[C@]1(C)O. The molecule has 3 nitrogen and oxygen atoms in total. The molecule has 1 N–H and O–H groups in total. The number of nitrogens with zero attached hydrogens (tertiary/aromatic N) is 1. The second-order valence-corrected chi connectivity index (χ2v) is 7.41. The first-order chi connectivity index (χ1) is 9.68. The average Bonchev–Trinajstić information content (AvgIpc) is 3.14. The predicted molar refractivity (Wildman–Crippen MR) is 78.3 cm³/mol. The Morgan fingerprint density at radius 1 is 1.14 bits per heavy atom. The van der Waals surface area contributed by atoms with Crippen molar-refractivity contribution in [1.29, 1.82) is 0 Å². The van der Waals surface area contributed by atoms with Crippen molar-refractivity contribution in [3.8, 4) is 0 Å². The molecule has 21 heavy (non-hydrogen) atoms. The topological polar surface area (TPSA) is 40.5 Å². The first-order valence-corrected chi connectivity index (χ1v) is 7.46. The Balaban J connectivity index is 1.85. The van der Waals surface area contributed by atoms with Crippen molar-refractivity contribution < 1.29 is 14.3 Å². The molecule has 1 aliphatic heterocycles. The third-order valence-electron chi connectivity index (χ3n) is 5.39. The Labute approximate surface area is 124 Å². The van der Waals surface area contributed by atoms with E-state index in [2.05, 4.69) is 0 Å². The molecule has 1 amide bonds. The molecule has 4 heteroatoms. The van der Waals surface area contributed by atoms with Crippen LogP contribution in [-0.4, -0.2) is 34.6 Å². The van der Waals surface area contributed by atoms with Crippen LogP contribution in [0, 0.1) is 11.2 Å². The van der Waals surface area contributed by atoms with Gasteiger partial charge in [0.15, 0.2) is 0 Å². The minimum atomic E-state index is -0.873. The lowest BCUT2D eigenvalue weighted by atomic mass is 9.79. The normalized spacial score (nSPS) is 29.5. The molecule has 0 radical (unpaired) electrons. The zero-order valence-electron chi connectivity index (χ0n) is 12.8. The van der Waals surface area contributed by atoms with E-state index in [0.717, 1.165) is 18.4 Å². The zero-order chi connectivity index (χ0) is 15.5. The van der Waals surface area contributed by atoms with E-state index in [1.807, 2.05) is 13.8 Å². The number of hydrogen-bond acceptors (Lipinski definition) is 2. The number of hydrogen-bond donors (Lipinski definition) is 1. The van der Waals surface area contributed by atoms with E-state index in [1.165, 1.54) is 12.1 Å². The molecular weight excluding hydrogens is 269 g/mol. The summed E-state index contributed by atoms with van der Waals surface area (Å²) in [5, 5.41) is 10.5. The summed E-state index contributed by atoms with van der Waals surface area (Å²) in [5.74, 6) is -0.216. The number of carbonyl (C=O) groups excluding carboxylic acids is 1. The van der Waals surface area contributed by atoms with Crippen molar-refractivity contribution in [3.63, 3.8) is 0 Å². The number of rotatable bonds is 2. The van der Waals surface area contributed by atoms with Crippen LogP contribution in [0.25, 0.3) is 0 Å². The molecule has 2 fully saturated rings. The third-order valence-corrected chi connectivity index (χ3v) is 5.39. The maximum absolute atomic E-state index is 13.1. The van der Waals surface area contributed by atoms with Gasteiger partial charge in [0.05, 0.1) is 11.0 Å². The smallest absolute Gasteiger partial charge is 0.233 e. The second-order valence-electron chi connectivity index (χ2n) is 7.41. The molecule has 1 aromatic rings. The lowest BCUT2D eigenvalue weighted by molar-refractivity contribution is -0.133. The van der Waals surface area contributed by atoms with Crippen molar-refractivity contribution in [2.45, 2.75) is 44.6 Å². The van der Waals surface area contributed by atoms with Crippen LogP contribution in [0.15, 0.2) is 24.3 Å². The van der Waals surface area contributed by atoms with Crippen LogP contribution in [0.4, 0.5) is 4.39 Å². The Morgan fingerprint density at radius 2 is 1.71 bits per heavy atom. The summed E-state index contributed by atoms with van der Waals surface area (Å²) in [4.78, 5) is 14.7. The number of likely N-dealkylation sites (tertiary alicyclic amines) is 1. The fraction of sp³-hybridized carbons (Fsp3) is 0.588. The molecule has 0 spiro atoms. The minimum absolute atomic E-state index is 0.0694. The van der Waals surface area contributed by atoms with Gasteiger partial charge in [0.1, 0.15) is 5.82 Å². The van der Waals surface area contributed by atoms with Gasteiger partial charge in [0.2, 0.25) is 5.91 Å². The maximum Gasteiger partial charge on any atom is 0.233 e. The van der Waals surface area contributed by atoms with E-state index < -0.39 is 11.0 Å². The summed E-state index contributed by atoms with van der Waals surface area (Å²) in [6.07, 6.45) is 1.60. The zero-order valence-corrected chi connectivity index (χ0v) is 12.8. The van der Waals surface area contributed by atoms with Gasteiger partial charge in [-0.15, -0.1) is 0 Å². The largest absolute Gasteiger partial charge is 0.388 e. The van der Waals surface area contributed by atoms with Crippen molar-refractivity contribution in [2.24, 2.45) is 5.41 Å². The Morgan fingerprint density at radius 3 is 2.14 bits per heavy atom. The highest BCUT2D eigenvalue weighted by molar-refractivity contribution is 5.91. The molecule has 1 saturated carbocycles. The van der Waals surface area contributed by atoms with Crippen LogP contribution in [0.5, 0.6) is 0 Å². The highest BCUT2D eigenvalue weighted by Crippen LogP contribution is 2.51. The number of benzene rings is 1. The van der Waals surface area contributed by atoms with Crippen LogP contribution < -0.4 is 0 Å². The van der Waals surface area contributed by atoms with Gasteiger partial charge in [-0.2, -0.15) is 0 Å². The van der Waals surface area contributed by atoms with Gasteiger partial charge in [0.25, 0.3) is 0 Å². The maximum atomic E-state index is 13.1. The van der Waals surface area contributed by atoms with E-state index >= 15 is 0 Å². The fourth-order valence-corrected chi connectivity index (χ4v) is 3.26. The van der Waals surface area contributed by atoms with E-state index in [-0.39, 0.29) is 17.1 Å². The number of halogens is 1. The number of carbonyl (C=O) groups is 1. The molecule has 1 heterocycles. The lowest BCUT2D eigenvalue weighted by Crippen LogP contribution is -2.41. The van der Waals surface area contributed by atoms with Gasteiger partial charge in [-0.3, -0.25) is 4.79 Å². The highest BCUT2D eigenvalue weighted by Gasteiger charge is 2.57. The Bertz CT molecular complexity index is 557. The van der Waals surface area contributed by atoms with Gasteiger partial charge >= 0.3 is 0 Å². The summed E-state index contributed by atoms with van der Waals surface area (Å²) in [7, 11) is 0. The van der Waals surface area contributed by atoms with Crippen molar-refractivity contribution in [1.82, 2.24) is 4.90 Å². The molecule has 1 aliphatic carbocycles. The monoisotopic (exact) mass is 291 g/mol. The van der Waals surface area contributed by atoms with E-state index in [1.54, 1.807) is 24.0 Å². The number of aliphatic hydroxyl groups is 1. The van der Waals surface area contributed by atoms with Gasteiger partial charge in [0, 0.05) is 18.5 Å². The molecule has 0 aromatic heterocycles. The lowest BCUT2D eigenvalue weighted by Gasteiger charge is -2.30. The van der Waals surface area contributed by atoms with Crippen LogP contribution in [0.2, 0.25) is 0 Å². The number of β-amino-alcohol motifs (C(OH)–C–C–N with tert-alkyl or cyclic N) is 1. The van der Waals surface area contributed by atoms with Gasteiger partial charge in [-0.25, -0.2) is 4.39 Å².